The molecule has 1 aromatic carbocycles. The Morgan fingerprint density at radius 1 is 1.18 bits per heavy atom. The smallest absolute Gasteiger partial charge is 0.294 e. The highest BCUT2D eigenvalue weighted by atomic mass is 32.2. The van der Waals surface area contributed by atoms with E-state index >= 15 is 0 Å². The summed E-state index contributed by atoms with van der Waals surface area (Å²) in [5.41, 5.74) is 0.771. The van der Waals surface area contributed by atoms with Gasteiger partial charge >= 0.3 is 0 Å². The largest absolute Gasteiger partial charge is 0.493 e. The lowest BCUT2D eigenvalue weighted by Gasteiger charge is -2.17. The molecule has 1 heterocycles. The molecular weight excluding hydrogens is 304 g/mol. The van der Waals surface area contributed by atoms with E-state index in [1.54, 1.807) is 57.5 Å². The molecule has 0 saturated carbocycles. The van der Waals surface area contributed by atoms with Gasteiger partial charge in [0.15, 0.2) is 11.5 Å². The minimum absolute atomic E-state index is 0.259. The van der Waals surface area contributed by atoms with Crippen LogP contribution in [-0.4, -0.2) is 55.9 Å². The van der Waals surface area contributed by atoms with Crippen LogP contribution in [-0.2, 0) is 4.79 Å². The lowest BCUT2D eigenvalue weighted by atomic mass is 10.2. The van der Waals surface area contributed by atoms with E-state index in [-0.39, 0.29) is 17.8 Å². The topological polar surface area (TPSA) is 59.1 Å². The molecule has 1 aliphatic rings. The van der Waals surface area contributed by atoms with Gasteiger partial charge in [0.2, 0.25) is 0 Å². The average molecular weight is 322 g/mol. The molecule has 6 nitrogen and oxygen atoms in total. The first-order chi connectivity index (χ1) is 10.5. The summed E-state index contributed by atoms with van der Waals surface area (Å²) in [5, 5.41) is -0.259. The predicted molar refractivity (Wildman–Crippen MR) is 85.9 cm³/mol. The zero-order valence-corrected chi connectivity index (χ0v) is 13.8. The number of hydrogen-bond acceptors (Lipinski definition) is 6. The molecule has 0 aromatic heterocycles. The molecule has 7 heteroatoms. The maximum absolute atomic E-state index is 12.3. The number of rotatable bonds is 5. The van der Waals surface area contributed by atoms with Crippen LogP contribution in [0.5, 0.6) is 11.5 Å². The molecule has 0 radical (unpaired) electrons. The van der Waals surface area contributed by atoms with Gasteiger partial charge in [0, 0.05) is 0 Å². The van der Waals surface area contributed by atoms with Crippen LogP contribution in [0.4, 0.5) is 4.79 Å². The van der Waals surface area contributed by atoms with Gasteiger partial charge in [-0.25, -0.2) is 0 Å². The number of carbonyl (C=O) groups excluding carboxylic acids is 2. The average Bonchev–Trinajstić information content (AvgIpc) is 2.74. The van der Waals surface area contributed by atoms with Crippen molar-refractivity contribution >= 4 is 29.0 Å². The molecule has 0 unspecified atom stereocenters. The number of methoxy groups -OCH3 is 2. The van der Waals surface area contributed by atoms with E-state index < -0.39 is 0 Å². The van der Waals surface area contributed by atoms with Gasteiger partial charge in [-0.15, -0.1) is 0 Å². The van der Waals surface area contributed by atoms with Crippen molar-refractivity contribution in [3.63, 3.8) is 0 Å². The fraction of sp³-hybridized carbons (Fsp3) is 0.333. The Kier molecular flexibility index (Phi) is 5.10. The number of imide groups is 1. The third-order valence-electron chi connectivity index (χ3n) is 3.00. The van der Waals surface area contributed by atoms with Crippen molar-refractivity contribution in [3.8, 4) is 11.5 Å². The number of carbonyl (C=O) groups is 2. The van der Waals surface area contributed by atoms with Crippen LogP contribution in [0.2, 0.25) is 0 Å². The van der Waals surface area contributed by atoms with Gasteiger partial charge < -0.3 is 9.47 Å². The van der Waals surface area contributed by atoms with E-state index in [1.165, 1.54) is 4.90 Å². The molecule has 0 atom stereocenters. The summed E-state index contributed by atoms with van der Waals surface area (Å²) >= 11 is 0.942. The van der Waals surface area contributed by atoms with Crippen molar-refractivity contribution in [2.24, 2.45) is 0 Å². The fourth-order valence-electron chi connectivity index (χ4n) is 2.00. The van der Waals surface area contributed by atoms with Gasteiger partial charge in [-0.05, 0) is 49.6 Å². The fourth-order valence-corrected chi connectivity index (χ4v) is 2.83. The number of benzene rings is 1. The van der Waals surface area contributed by atoms with E-state index in [4.69, 9.17) is 9.47 Å². The molecule has 1 fully saturated rings. The van der Waals surface area contributed by atoms with Crippen LogP contribution in [0, 0.1) is 0 Å². The number of amides is 2. The van der Waals surface area contributed by atoms with Crippen LogP contribution in [0.25, 0.3) is 6.08 Å². The molecule has 2 rings (SSSR count). The minimum Gasteiger partial charge on any atom is -0.493 e. The quantitative estimate of drug-likeness (QED) is 0.775. The number of nitrogens with zero attached hydrogens (tertiary/aromatic N) is 2. The maximum Gasteiger partial charge on any atom is 0.294 e. The highest BCUT2D eigenvalue weighted by Crippen LogP contribution is 2.34. The zero-order valence-electron chi connectivity index (χ0n) is 13.0. The van der Waals surface area contributed by atoms with Gasteiger partial charge in [0.25, 0.3) is 11.1 Å². The maximum atomic E-state index is 12.3. The van der Waals surface area contributed by atoms with E-state index in [1.807, 2.05) is 0 Å². The van der Waals surface area contributed by atoms with Gasteiger partial charge in [-0.3, -0.25) is 19.4 Å². The molecule has 1 saturated heterocycles. The van der Waals surface area contributed by atoms with Crippen LogP contribution in [0.15, 0.2) is 23.1 Å². The lowest BCUT2D eigenvalue weighted by molar-refractivity contribution is -0.123. The highest BCUT2D eigenvalue weighted by molar-refractivity contribution is 8.18. The summed E-state index contributed by atoms with van der Waals surface area (Å²) in [4.78, 5) is 27.6. The normalized spacial score (nSPS) is 16.8. The SMILES string of the molecule is COc1ccc(/C=C2/SC(=O)N(CN(C)C)C2=O)cc1OC. The Bertz CT molecular complexity index is 628. The summed E-state index contributed by atoms with van der Waals surface area (Å²) in [6.07, 6.45) is 1.68. The van der Waals surface area contributed by atoms with Gasteiger partial charge in [0.1, 0.15) is 0 Å². The Morgan fingerprint density at radius 2 is 1.86 bits per heavy atom. The first-order valence-corrected chi connectivity index (χ1v) is 7.40. The van der Waals surface area contributed by atoms with Crippen molar-refractivity contribution in [3.05, 3.63) is 28.7 Å². The molecule has 0 spiro atoms. The third-order valence-corrected chi connectivity index (χ3v) is 3.91. The Morgan fingerprint density at radius 3 is 2.45 bits per heavy atom. The standard InChI is InChI=1S/C15H18N2O4S/c1-16(2)9-17-14(18)13(22-15(17)19)8-10-5-6-11(20-3)12(7-10)21-4/h5-8H,9H2,1-4H3/b13-8+. The molecule has 0 N–H and O–H groups in total. The van der Waals surface area contributed by atoms with E-state index in [0.717, 1.165) is 17.3 Å². The summed E-state index contributed by atoms with van der Waals surface area (Å²) in [7, 11) is 6.72. The van der Waals surface area contributed by atoms with E-state index in [9.17, 15) is 9.59 Å². The van der Waals surface area contributed by atoms with Crippen LogP contribution >= 0.6 is 11.8 Å². The molecule has 0 aliphatic carbocycles. The number of thioether (sulfide) groups is 1. The third kappa shape index (κ3) is 3.42. The van der Waals surface area contributed by atoms with E-state index in [0.29, 0.717) is 16.4 Å². The van der Waals surface area contributed by atoms with Crippen LogP contribution in [0.1, 0.15) is 5.56 Å². The van der Waals surface area contributed by atoms with Crippen LogP contribution in [0.3, 0.4) is 0 Å². The second-order valence-electron chi connectivity index (χ2n) is 4.95. The molecule has 0 bridgehead atoms. The lowest BCUT2D eigenvalue weighted by Crippen LogP contribution is -2.36. The monoisotopic (exact) mass is 322 g/mol. The van der Waals surface area contributed by atoms with Crippen molar-refractivity contribution in [2.45, 2.75) is 0 Å². The summed E-state index contributed by atoms with van der Waals surface area (Å²) in [6, 6.07) is 5.33. The zero-order chi connectivity index (χ0) is 16.3. The molecular formula is C15H18N2O4S. The van der Waals surface area contributed by atoms with Gasteiger partial charge in [0.05, 0.1) is 25.8 Å². The first kappa shape index (κ1) is 16.4. The summed E-state index contributed by atoms with van der Waals surface area (Å²) in [5.74, 6) is 0.905. The Labute approximate surface area is 133 Å². The van der Waals surface area contributed by atoms with E-state index in [2.05, 4.69) is 0 Å². The van der Waals surface area contributed by atoms with Crippen LogP contribution < -0.4 is 9.47 Å². The Balaban J connectivity index is 2.27. The summed E-state index contributed by atoms with van der Waals surface area (Å²) < 4.78 is 10.4. The van der Waals surface area contributed by atoms with Crippen molar-refractivity contribution < 1.29 is 19.1 Å². The van der Waals surface area contributed by atoms with Crippen molar-refractivity contribution in [1.82, 2.24) is 9.80 Å². The molecule has 1 aliphatic heterocycles. The predicted octanol–water partition coefficient (Wildman–Crippen LogP) is 2.26. The second kappa shape index (κ2) is 6.85. The Hall–Kier alpha value is -1.99. The van der Waals surface area contributed by atoms with Gasteiger partial charge in [-0.1, -0.05) is 6.07 Å². The molecule has 118 valence electrons. The highest BCUT2D eigenvalue weighted by Gasteiger charge is 2.35. The first-order valence-electron chi connectivity index (χ1n) is 6.58. The number of ether oxygens (including phenoxy) is 2. The van der Waals surface area contributed by atoms with Crippen molar-refractivity contribution in [1.29, 1.82) is 0 Å². The van der Waals surface area contributed by atoms with Gasteiger partial charge in [-0.2, -0.15) is 0 Å². The molecule has 2 amide bonds. The van der Waals surface area contributed by atoms with Crippen molar-refractivity contribution in [2.75, 3.05) is 35.0 Å². The molecule has 1 aromatic rings. The molecule has 22 heavy (non-hydrogen) atoms. The second-order valence-corrected chi connectivity index (χ2v) is 5.94. The minimum atomic E-state index is -0.279. The number of hydrogen-bond donors (Lipinski definition) is 0. The summed E-state index contributed by atoms with van der Waals surface area (Å²) in [6.45, 7) is 0.272.